The van der Waals surface area contributed by atoms with Crippen molar-refractivity contribution in [2.75, 3.05) is 0 Å². The smallest absolute Gasteiger partial charge is 0.102 e. The van der Waals surface area contributed by atoms with Crippen molar-refractivity contribution in [2.45, 2.75) is 6.92 Å². The third-order valence-corrected chi connectivity index (χ3v) is 3.82. The van der Waals surface area contributed by atoms with Crippen LogP contribution in [-0.4, -0.2) is 4.98 Å². The summed E-state index contributed by atoms with van der Waals surface area (Å²) < 4.78 is 0. The number of fused-ring (bicyclic) bond motifs is 1. The molecule has 0 aliphatic heterocycles. The van der Waals surface area contributed by atoms with Crippen molar-refractivity contribution in [2.24, 2.45) is 0 Å². The van der Waals surface area contributed by atoms with Crippen molar-refractivity contribution in [3.8, 4) is 16.6 Å². The highest BCUT2D eigenvalue weighted by atomic mass is 32.1. The fourth-order valence-corrected chi connectivity index (χ4v) is 2.89. The van der Waals surface area contributed by atoms with Crippen LogP contribution < -0.4 is 0 Å². The van der Waals surface area contributed by atoms with E-state index in [-0.39, 0.29) is 0 Å². The zero-order valence-corrected chi connectivity index (χ0v) is 10.1. The summed E-state index contributed by atoms with van der Waals surface area (Å²) in [5, 5.41) is 10.3. The number of nitrogens with zero attached hydrogens (tertiary/aromatic N) is 1. The molecule has 1 aromatic carbocycles. The first kappa shape index (κ1) is 10.1. The number of thiophene rings is 1. The number of H-pyrrole nitrogens is 1. The van der Waals surface area contributed by atoms with E-state index in [9.17, 15) is 5.26 Å². The largest absolute Gasteiger partial charge is 0.353 e. The predicted octanol–water partition coefficient (Wildman–Crippen LogP) is 4.08. The molecule has 0 unspecified atom stereocenters. The Morgan fingerprint density at radius 1 is 1.18 bits per heavy atom. The molecule has 2 heterocycles. The average Bonchev–Trinajstić information content (AvgIpc) is 2.91. The molecule has 0 fully saturated rings. The Morgan fingerprint density at radius 3 is 2.71 bits per heavy atom. The molecule has 3 aromatic rings. The molecule has 17 heavy (non-hydrogen) atoms. The second-order valence-electron chi connectivity index (χ2n) is 3.94. The van der Waals surface area contributed by atoms with Crippen LogP contribution in [0.3, 0.4) is 0 Å². The standard InChI is InChI=1S/C14H10N2S/c1-9-6-7-13(17-9)14-11(8-15)10-4-2-3-5-12(10)16-14/h2-7,16H,1H3. The van der Waals surface area contributed by atoms with Crippen LogP contribution >= 0.6 is 11.3 Å². The second-order valence-corrected chi connectivity index (χ2v) is 5.23. The van der Waals surface area contributed by atoms with Gasteiger partial charge in [0.2, 0.25) is 0 Å². The van der Waals surface area contributed by atoms with Gasteiger partial charge in [0.1, 0.15) is 6.07 Å². The number of hydrogen-bond donors (Lipinski definition) is 1. The summed E-state index contributed by atoms with van der Waals surface area (Å²) in [6, 6.07) is 14.4. The Labute approximate surface area is 103 Å². The SMILES string of the molecule is Cc1ccc(-c2[nH]c3ccccc3c2C#N)s1. The summed E-state index contributed by atoms with van der Waals surface area (Å²) in [4.78, 5) is 5.71. The Bertz CT molecular complexity index is 728. The van der Waals surface area contributed by atoms with Gasteiger partial charge in [0.25, 0.3) is 0 Å². The van der Waals surface area contributed by atoms with Crippen LogP contribution in [0.4, 0.5) is 0 Å². The van der Waals surface area contributed by atoms with Gasteiger partial charge >= 0.3 is 0 Å². The normalized spacial score (nSPS) is 10.6. The van der Waals surface area contributed by atoms with E-state index in [1.165, 1.54) is 4.88 Å². The van der Waals surface area contributed by atoms with Crippen molar-refractivity contribution >= 4 is 22.2 Å². The van der Waals surface area contributed by atoms with E-state index in [4.69, 9.17) is 0 Å². The van der Waals surface area contributed by atoms with Gasteiger partial charge in [-0.3, -0.25) is 0 Å². The maximum atomic E-state index is 9.31. The predicted molar refractivity (Wildman–Crippen MR) is 71.1 cm³/mol. The summed E-state index contributed by atoms with van der Waals surface area (Å²) in [6.07, 6.45) is 0. The quantitative estimate of drug-likeness (QED) is 0.681. The molecule has 0 amide bonds. The third-order valence-electron chi connectivity index (χ3n) is 2.80. The Hall–Kier alpha value is -2.05. The lowest BCUT2D eigenvalue weighted by molar-refractivity contribution is 1.45. The van der Waals surface area contributed by atoms with Crippen LogP contribution in [0.15, 0.2) is 36.4 Å². The number of para-hydroxylation sites is 1. The number of nitrogens with one attached hydrogen (secondary N) is 1. The number of hydrogen-bond acceptors (Lipinski definition) is 2. The van der Waals surface area contributed by atoms with Gasteiger partial charge in [0.05, 0.1) is 16.1 Å². The molecule has 0 aliphatic carbocycles. The van der Waals surface area contributed by atoms with Gasteiger partial charge in [-0.05, 0) is 25.1 Å². The molecule has 82 valence electrons. The van der Waals surface area contributed by atoms with Crippen molar-refractivity contribution < 1.29 is 0 Å². The van der Waals surface area contributed by atoms with Crippen LogP contribution in [-0.2, 0) is 0 Å². The van der Waals surface area contributed by atoms with E-state index in [1.54, 1.807) is 11.3 Å². The average molecular weight is 238 g/mol. The lowest BCUT2D eigenvalue weighted by Gasteiger charge is -1.92. The number of aromatic amines is 1. The first-order valence-corrected chi connectivity index (χ1v) is 6.19. The van der Waals surface area contributed by atoms with Crippen LogP contribution in [0.1, 0.15) is 10.4 Å². The summed E-state index contributed by atoms with van der Waals surface area (Å²) >= 11 is 1.70. The van der Waals surface area contributed by atoms with Gasteiger partial charge in [-0.15, -0.1) is 11.3 Å². The lowest BCUT2D eigenvalue weighted by Crippen LogP contribution is -1.76. The van der Waals surface area contributed by atoms with Gasteiger partial charge in [-0.25, -0.2) is 0 Å². The number of aryl methyl sites for hydroxylation is 1. The Morgan fingerprint density at radius 2 is 2.00 bits per heavy atom. The molecule has 0 saturated carbocycles. The van der Waals surface area contributed by atoms with Crippen molar-refractivity contribution in [3.63, 3.8) is 0 Å². The van der Waals surface area contributed by atoms with Gasteiger partial charge in [-0.2, -0.15) is 5.26 Å². The summed E-state index contributed by atoms with van der Waals surface area (Å²) in [5.74, 6) is 0. The molecule has 0 aliphatic rings. The van der Waals surface area contributed by atoms with Crippen molar-refractivity contribution in [1.82, 2.24) is 4.98 Å². The minimum absolute atomic E-state index is 0.738. The van der Waals surface area contributed by atoms with Crippen LogP contribution in [0.25, 0.3) is 21.5 Å². The second kappa shape index (κ2) is 3.76. The molecule has 0 spiro atoms. The zero-order chi connectivity index (χ0) is 11.8. The minimum Gasteiger partial charge on any atom is -0.353 e. The maximum absolute atomic E-state index is 9.31. The van der Waals surface area contributed by atoms with E-state index < -0.39 is 0 Å². The molecular weight excluding hydrogens is 228 g/mol. The van der Waals surface area contributed by atoms with Crippen LogP contribution in [0.2, 0.25) is 0 Å². The fourth-order valence-electron chi connectivity index (χ4n) is 2.01. The lowest BCUT2D eigenvalue weighted by atomic mass is 10.1. The topological polar surface area (TPSA) is 39.6 Å². The van der Waals surface area contributed by atoms with Gasteiger partial charge < -0.3 is 4.98 Å². The maximum Gasteiger partial charge on any atom is 0.102 e. The number of benzene rings is 1. The highest BCUT2D eigenvalue weighted by Gasteiger charge is 2.13. The molecule has 3 heteroatoms. The van der Waals surface area contributed by atoms with Gasteiger partial charge in [0, 0.05) is 15.8 Å². The Kier molecular flexibility index (Phi) is 2.24. The minimum atomic E-state index is 0.738. The van der Waals surface area contributed by atoms with Crippen molar-refractivity contribution in [1.29, 1.82) is 5.26 Å². The molecular formula is C14H10N2S. The Balaban J connectivity index is 2.34. The number of nitriles is 1. The zero-order valence-electron chi connectivity index (χ0n) is 9.32. The first-order chi connectivity index (χ1) is 8.29. The van der Waals surface area contributed by atoms with E-state index in [1.807, 2.05) is 24.3 Å². The molecule has 3 rings (SSSR count). The molecule has 2 nitrogen and oxygen atoms in total. The van der Waals surface area contributed by atoms with E-state index >= 15 is 0 Å². The molecule has 0 saturated heterocycles. The molecule has 0 atom stereocenters. The number of rotatable bonds is 1. The van der Waals surface area contributed by atoms with E-state index in [0.717, 1.165) is 27.0 Å². The van der Waals surface area contributed by atoms with Crippen molar-refractivity contribution in [3.05, 3.63) is 46.8 Å². The summed E-state index contributed by atoms with van der Waals surface area (Å²) in [7, 11) is 0. The highest BCUT2D eigenvalue weighted by Crippen LogP contribution is 2.33. The highest BCUT2D eigenvalue weighted by molar-refractivity contribution is 7.15. The third kappa shape index (κ3) is 1.54. The molecule has 2 aromatic heterocycles. The van der Waals surface area contributed by atoms with Crippen LogP contribution in [0.5, 0.6) is 0 Å². The fraction of sp³-hybridized carbons (Fsp3) is 0.0714. The van der Waals surface area contributed by atoms with Gasteiger partial charge in [-0.1, -0.05) is 18.2 Å². The first-order valence-electron chi connectivity index (χ1n) is 5.37. The molecule has 0 bridgehead atoms. The molecule has 1 N–H and O–H groups in total. The summed E-state index contributed by atoms with van der Waals surface area (Å²) in [6.45, 7) is 2.07. The molecule has 0 radical (unpaired) electrons. The monoisotopic (exact) mass is 238 g/mol. The number of aromatic nitrogens is 1. The summed E-state index contributed by atoms with van der Waals surface area (Å²) in [5.41, 5.74) is 2.69. The van der Waals surface area contributed by atoms with E-state index in [2.05, 4.69) is 30.1 Å². The van der Waals surface area contributed by atoms with Gasteiger partial charge in [0.15, 0.2) is 0 Å². The van der Waals surface area contributed by atoms with E-state index in [0.29, 0.717) is 0 Å². The van der Waals surface area contributed by atoms with Crippen LogP contribution in [0, 0.1) is 18.3 Å².